The fourth-order valence-electron chi connectivity index (χ4n) is 1.32. The number of nitrogens with zero attached hydrogens (tertiary/aromatic N) is 2. The first-order valence-corrected chi connectivity index (χ1v) is 4.95. The molecule has 1 atom stereocenters. The molecule has 1 heterocycles. The van der Waals surface area contributed by atoms with Gasteiger partial charge < -0.3 is 9.88 Å². The second kappa shape index (κ2) is 5.46. The van der Waals surface area contributed by atoms with Gasteiger partial charge in [-0.3, -0.25) is 0 Å². The van der Waals surface area contributed by atoms with Crippen molar-refractivity contribution in [2.24, 2.45) is 0 Å². The normalized spacial score (nSPS) is 12.4. The maximum absolute atomic E-state index is 5.34. The second-order valence-electron chi connectivity index (χ2n) is 3.25. The van der Waals surface area contributed by atoms with Crippen molar-refractivity contribution in [3.8, 4) is 12.3 Å². The monoisotopic (exact) mass is 191 g/mol. The van der Waals surface area contributed by atoms with E-state index < -0.39 is 0 Å². The van der Waals surface area contributed by atoms with Crippen LogP contribution in [0.4, 0.5) is 0 Å². The highest BCUT2D eigenvalue weighted by Crippen LogP contribution is 1.94. The fraction of sp³-hybridized carbons (Fsp3) is 0.545. The summed E-state index contributed by atoms with van der Waals surface area (Å²) in [4.78, 5) is 4.15. The fourth-order valence-corrected chi connectivity index (χ4v) is 1.32. The van der Waals surface area contributed by atoms with Crippen LogP contribution < -0.4 is 5.32 Å². The van der Waals surface area contributed by atoms with E-state index in [2.05, 4.69) is 27.7 Å². The number of hydrogen-bond donors (Lipinski definition) is 1. The summed E-state index contributed by atoms with van der Waals surface area (Å²) in [6.07, 6.45) is 10.1. The van der Waals surface area contributed by atoms with E-state index in [0.717, 1.165) is 25.3 Å². The standard InChI is InChI=1S/C11H17N3/c1-4-11(5-2)13-7-9-14-8-6-12-10(14)3/h1,6,8,11,13H,5,7,9H2,2-3H3. The summed E-state index contributed by atoms with van der Waals surface area (Å²) in [6, 6.07) is 0.193. The molecule has 0 amide bonds. The molecule has 1 unspecified atom stereocenters. The third-order valence-electron chi connectivity index (χ3n) is 2.28. The van der Waals surface area contributed by atoms with Crippen molar-refractivity contribution in [2.45, 2.75) is 32.9 Å². The summed E-state index contributed by atoms with van der Waals surface area (Å²) in [5.41, 5.74) is 0. The Morgan fingerprint density at radius 3 is 3.00 bits per heavy atom. The second-order valence-corrected chi connectivity index (χ2v) is 3.25. The Labute approximate surface area is 85.5 Å². The molecular formula is C11H17N3. The minimum Gasteiger partial charge on any atom is -0.334 e. The number of aryl methyl sites for hydroxylation is 1. The molecule has 0 radical (unpaired) electrons. The summed E-state index contributed by atoms with van der Waals surface area (Å²) < 4.78 is 2.11. The highest BCUT2D eigenvalue weighted by molar-refractivity contribution is 4.98. The molecule has 1 aromatic heterocycles. The number of hydrogen-bond acceptors (Lipinski definition) is 2. The smallest absolute Gasteiger partial charge is 0.105 e. The van der Waals surface area contributed by atoms with Crippen molar-refractivity contribution in [1.82, 2.24) is 14.9 Å². The topological polar surface area (TPSA) is 29.9 Å². The van der Waals surface area contributed by atoms with Crippen molar-refractivity contribution in [3.63, 3.8) is 0 Å². The molecule has 3 nitrogen and oxygen atoms in total. The van der Waals surface area contributed by atoms with Crippen LogP contribution in [0.5, 0.6) is 0 Å². The molecule has 0 aromatic carbocycles. The van der Waals surface area contributed by atoms with E-state index in [1.807, 2.05) is 19.3 Å². The van der Waals surface area contributed by atoms with Crippen LogP contribution in [-0.2, 0) is 6.54 Å². The lowest BCUT2D eigenvalue weighted by molar-refractivity contribution is 0.540. The quantitative estimate of drug-likeness (QED) is 0.709. The molecule has 14 heavy (non-hydrogen) atoms. The van der Waals surface area contributed by atoms with Gasteiger partial charge in [-0.2, -0.15) is 0 Å². The van der Waals surface area contributed by atoms with Crippen LogP contribution in [0.25, 0.3) is 0 Å². The van der Waals surface area contributed by atoms with E-state index in [1.165, 1.54) is 0 Å². The minimum absolute atomic E-state index is 0.193. The Balaban J connectivity index is 2.29. The van der Waals surface area contributed by atoms with Crippen LogP contribution >= 0.6 is 0 Å². The van der Waals surface area contributed by atoms with Gasteiger partial charge in [-0.25, -0.2) is 4.98 Å². The maximum Gasteiger partial charge on any atom is 0.105 e. The van der Waals surface area contributed by atoms with Crippen molar-refractivity contribution in [2.75, 3.05) is 6.54 Å². The number of nitrogens with one attached hydrogen (secondary N) is 1. The molecule has 0 saturated carbocycles. The van der Waals surface area contributed by atoms with Crippen molar-refractivity contribution in [3.05, 3.63) is 18.2 Å². The van der Waals surface area contributed by atoms with E-state index in [1.54, 1.807) is 0 Å². The lowest BCUT2D eigenvalue weighted by Crippen LogP contribution is -2.30. The van der Waals surface area contributed by atoms with Gasteiger partial charge in [0, 0.05) is 25.5 Å². The zero-order valence-corrected chi connectivity index (χ0v) is 8.83. The highest BCUT2D eigenvalue weighted by atomic mass is 15.1. The Kier molecular flexibility index (Phi) is 4.21. The van der Waals surface area contributed by atoms with Crippen molar-refractivity contribution in [1.29, 1.82) is 0 Å². The zero-order chi connectivity index (χ0) is 10.4. The average Bonchev–Trinajstić information content (AvgIpc) is 2.59. The van der Waals surface area contributed by atoms with Gasteiger partial charge in [0.1, 0.15) is 5.82 Å². The van der Waals surface area contributed by atoms with E-state index in [-0.39, 0.29) is 6.04 Å². The third kappa shape index (κ3) is 2.90. The Bertz CT molecular complexity index is 309. The van der Waals surface area contributed by atoms with Gasteiger partial charge in [-0.1, -0.05) is 12.8 Å². The molecule has 1 aromatic rings. The lowest BCUT2D eigenvalue weighted by atomic mass is 10.2. The molecule has 76 valence electrons. The van der Waals surface area contributed by atoms with Crippen molar-refractivity contribution >= 4 is 0 Å². The summed E-state index contributed by atoms with van der Waals surface area (Å²) in [5, 5.41) is 3.30. The largest absolute Gasteiger partial charge is 0.334 e. The predicted molar refractivity (Wildman–Crippen MR) is 57.9 cm³/mol. The summed E-state index contributed by atoms with van der Waals surface area (Å²) in [7, 11) is 0. The Morgan fingerprint density at radius 2 is 2.50 bits per heavy atom. The van der Waals surface area contributed by atoms with Gasteiger partial charge in [0.15, 0.2) is 0 Å². The molecule has 3 heteroatoms. The summed E-state index contributed by atoms with van der Waals surface area (Å²) >= 11 is 0. The number of terminal acetylenes is 1. The van der Waals surface area contributed by atoms with Gasteiger partial charge >= 0.3 is 0 Å². The summed E-state index contributed by atoms with van der Waals surface area (Å²) in [5.74, 6) is 3.75. The molecular weight excluding hydrogens is 174 g/mol. The molecule has 0 saturated heterocycles. The molecule has 0 bridgehead atoms. The average molecular weight is 191 g/mol. The van der Waals surface area contributed by atoms with Gasteiger partial charge in [-0.05, 0) is 13.3 Å². The molecule has 0 fully saturated rings. The van der Waals surface area contributed by atoms with Gasteiger partial charge in [0.25, 0.3) is 0 Å². The minimum atomic E-state index is 0.193. The highest BCUT2D eigenvalue weighted by Gasteiger charge is 2.00. The Morgan fingerprint density at radius 1 is 1.71 bits per heavy atom. The SMILES string of the molecule is C#CC(CC)NCCn1ccnc1C. The summed E-state index contributed by atoms with van der Waals surface area (Å²) in [6.45, 7) is 5.89. The van der Waals surface area contributed by atoms with Crippen LogP contribution in [0.15, 0.2) is 12.4 Å². The van der Waals surface area contributed by atoms with Crippen LogP contribution in [0.2, 0.25) is 0 Å². The van der Waals surface area contributed by atoms with Gasteiger partial charge in [0.05, 0.1) is 6.04 Å². The van der Waals surface area contributed by atoms with E-state index in [9.17, 15) is 0 Å². The van der Waals surface area contributed by atoms with E-state index in [4.69, 9.17) is 6.42 Å². The van der Waals surface area contributed by atoms with Crippen LogP contribution in [0.3, 0.4) is 0 Å². The molecule has 0 aliphatic heterocycles. The maximum atomic E-state index is 5.34. The van der Waals surface area contributed by atoms with Crippen LogP contribution in [0.1, 0.15) is 19.2 Å². The van der Waals surface area contributed by atoms with Gasteiger partial charge in [0.2, 0.25) is 0 Å². The number of rotatable bonds is 5. The van der Waals surface area contributed by atoms with Gasteiger partial charge in [-0.15, -0.1) is 6.42 Å². The van der Waals surface area contributed by atoms with E-state index in [0.29, 0.717) is 0 Å². The molecule has 0 aliphatic carbocycles. The zero-order valence-electron chi connectivity index (χ0n) is 8.83. The number of aromatic nitrogens is 2. The predicted octanol–water partition coefficient (Wildman–Crippen LogP) is 1.19. The van der Waals surface area contributed by atoms with Crippen LogP contribution in [-0.4, -0.2) is 22.1 Å². The lowest BCUT2D eigenvalue weighted by Gasteiger charge is -2.11. The molecule has 0 spiro atoms. The van der Waals surface area contributed by atoms with Crippen LogP contribution in [0, 0.1) is 19.3 Å². The Hall–Kier alpha value is -1.27. The van der Waals surface area contributed by atoms with E-state index >= 15 is 0 Å². The third-order valence-corrected chi connectivity index (χ3v) is 2.28. The molecule has 0 aliphatic rings. The van der Waals surface area contributed by atoms with Crippen molar-refractivity contribution < 1.29 is 0 Å². The molecule has 1 rings (SSSR count). The first kappa shape index (κ1) is 10.8. The molecule has 1 N–H and O–H groups in total. The first-order valence-electron chi connectivity index (χ1n) is 4.95. The first-order chi connectivity index (χ1) is 6.77. The number of imidazole rings is 1.